The number of anilines is 1. The average molecular weight is 370 g/mol. The lowest BCUT2D eigenvalue weighted by Crippen LogP contribution is -2.41. The summed E-state index contributed by atoms with van der Waals surface area (Å²) in [6.07, 6.45) is 0. The molecule has 2 aromatic rings. The van der Waals surface area contributed by atoms with Crippen molar-refractivity contribution in [3.63, 3.8) is 0 Å². The molecule has 0 saturated carbocycles. The number of benzene rings is 1. The van der Waals surface area contributed by atoms with Crippen LogP contribution in [0.1, 0.15) is 6.92 Å². The largest absolute Gasteiger partial charge is 0.497 e. The van der Waals surface area contributed by atoms with Gasteiger partial charge in [-0.25, -0.2) is 8.42 Å². The second-order valence-electron chi connectivity index (χ2n) is 4.87. The second kappa shape index (κ2) is 7.65. The van der Waals surface area contributed by atoms with Gasteiger partial charge in [-0.2, -0.15) is 4.72 Å². The number of rotatable bonds is 7. The Hall–Kier alpha value is -2.10. The van der Waals surface area contributed by atoms with E-state index in [-0.39, 0.29) is 4.21 Å². The molecule has 0 aliphatic rings. The summed E-state index contributed by atoms with van der Waals surface area (Å²) in [7, 11) is -0.724. The van der Waals surface area contributed by atoms with Crippen LogP contribution in [0.5, 0.6) is 11.5 Å². The van der Waals surface area contributed by atoms with Gasteiger partial charge in [0.1, 0.15) is 15.7 Å². The molecular weight excluding hydrogens is 352 g/mol. The van der Waals surface area contributed by atoms with E-state index in [0.717, 1.165) is 11.3 Å². The van der Waals surface area contributed by atoms with Gasteiger partial charge in [-0.1, -0.05) is 6.07 Å². The third-order valence-corrected chi connectivity index (χ3v) is 6.04. The molecule has 24 heavy (non-hydrogen) atoms. The molecule has 0 aliphatic carbocycles. The Balaban J connectivity index is 2.09. The van der Waals surface area contributed by atoms with Crippen LogP contribution >= 0.6 is 11.3 Å². The van der Waals surface area contributed by atoms with Gasteiger partial charge in [0.05, 0.1) is 20.3 Å². The van der Waals surface area contributed by atoms with E-state index in [9.17, 15) is 13.2 Å². The molecule has 0 aliphatic heterocycles. The molecule has 0 fully saturated rings. The minimum Gasteiger partial charge on any atom is -0.497 e. The predicted octanol–water partition coefficient (Wildman–Crippen LogP) is 2.07. The standard InChI is InChI=1S/C15H18N2O5S2/c1-10(17-24(19,20)14-5-4-6-23-14)15(18)16-11-7-12(21-2)9-13(8-11)22-3/h4-10,17H,1-3H3,(H,16,18). The SMILES string of the molecule is COc1cc(NC(=O)C(C)NS(=O)(=O)c2cccs2)cc(OC)c1. The molecule has 1 atom stereocenters. The molecule has 0 radical (unpaired) electrons. The summed E-state index contributed by atoms with van der Waals surface area (Å²) in [5.74, 6) is 0.526. The smallest absolute Gasteiger partial charge is 0.250 e. The fourth-order valence-electron chi connectivity index (χ4n) is 1.89. The first kappa shape index (κ1) is 18.2. The Kier molecular flexibility index (Phi) is 5.81. The summed E-state index contributed by atoms with van der Waals surface area (Å²) >= 11 is 1.08. The number of thiophene rings is 1. The van der Waals surface area contributed by atoms with E-state index in [4.69, 9.17) is 9.47 Å². The monoisotopic (exact) mass is 370 g/mol. The van der Waals surface area contributed by atoms with Crippen molar-refractivity contribution < 1.29 is 22.7 Å². The van der Waals surface area contributed by atoms with Crippen LogP contribution in [0.25, 0.3) is 0 Å². The molecule has 130 valence electrons. The van der Waals surface area contributed by atoms with Gasteiger partial charge in [-0.3, -0.25) is 4.79 Å². The Morgan fingerprint density at radius 3 is 2.29 bits per heavy atom. The maximum absolute atomic E-state index is 12.2. The molecule has 1 amide bonds. The molecule has 0 bridgehead atoms. The molecule has 0 saturated heterocycles. The van der Waals surface area contributed by atoms with Gasteiger partial charge in [-0.15, -0.1) is 11.3 Å². The van der Waals surface area contributed by atoms with Crippen LogP contribution in [-0.2, 0) is 14.8 Å². The number of sulfonamides is 1. The second-order valence-corrected chi connectivity index (χ2v) is 7.75. The van der Waals surface area contributed by atoms with Crippen LogP contribution in [-0.4, -0.2) is 34.6 Å². The number of amides is 1. The van der Waals surface area contributed by atoms with E-state index < -0.39 is 22.0 Å². The van der Waals surface area contributed by atoms with Crippen LogP contribution in [0.4, 0.5) is 5.69 Å². The predicted molar refractivity (Wildman–Crippen MR) is 92.3 cm³/mol. The van der Waals surface area contributed by atoms with Crippen LogP contribution in [0.3, 0.4) is 0 Å². The number of methoxy groups -OCH3 is 2. The highest BCUT2D eigenvalue weighted by Crippen LogP contribution is 2.26. The third kappa shape index (κ3) is 4.47. The number of carbonyl (C=O) groups excluding carboxylic acids is 1. The van der Waals surface area contributed by atoms with E-state index in [1.807, 2.05) is 0 Å². The quantitative estimate of drug-likeness (QED) is 0.778. The highest BCUT2D eigenvalue weighted by Gasteiger charge is 2.23. The molecule has 1 heterocycles. The van der Waals surface area contributed by atoms with Gasteiger partial charge < -0.3 is 14.8 Å². The average Bonchev–Trinajstić information content (AvgIpc) is 3.09. The van der Waals surface area contributed by atoms with E-state index in [0.29, 0.717) is 17.2 Å². The van der Waals surface area contributed by atoms with Crippen LogP contribution in [0.15, 0.2) is 39.9 Å². The van der Waals surface area contributed by atoms with Crippen molar-refractivity contribution in [3.8, 4) is 11.5 Å². The molecular formula is C15H18N2O5S2. The maximum atomic E-state index is 12.2. The van der Waals surface area contributed by atoms with Crippen molar-refractivity contribution in [1.82, 2.24) is 4.72 Å². The summed E-state index contributed by atoms with van der Waals surface area (Å²) < 4.78 is 37.0. The minimum atomic E-state index is -3.72. The van der Waals surface area contributed by atoms with Gasteiger partial charge in [0.2, 0.25) is 5.91 Å². The van der Waals surface area contributed by atoms with Gasteiger partial charge >= 0.3 is 0 Å². The first-order valence-corrected chi connectivity index (χ1v) is 9.32. The molecule has 1 unspecified atom stereocenters. The summed E-state index contributed by atoms with van der Waals surface area (Å²) in [5.41, 5.74) is 0.443. The lowest BCUT2D eigenvalue weighted by molar-refractivity contribution is -0.117. The van der Waals surface area contributed by atoms with Crippen molar-refractivity contribution in [3.05, 3.63) is 35.7 Å². The van der Waals surface area contributed by atoms with Gasteiger partial charge in [0.15, 0.2) is 0 Å². The molecule has 0 spiro atoms. The third-order valence-electron chi connectivity index (χ3n) is 3.10. The van der Waals surface area contributed by atoms with Crippen LogP contribution in [0, 0.1) is 0 Å². The van der Waals surface area contributed by atoms with E-state index >= 15 is 0 Å². The van der Waals surface area contributed by atoms with Crippen molar-refractivity contribution in [2.24, 2.45) is 0 Å². The van der Waals surface area contributed by atoms with Gasteiger partial charge in [0, 0.05) is 23.9 Å². The van der Waals surface area contributed by atoms with Gasteiger partial charge in [0.25, 0.3) is 10.0 Å². The number of nitrogens with one attached hydrogen (secondary N) is 2. The van der Waals surface area contributed by atoms with E-state index in [2.05, 4.69) is 10.0 Å². The zero-order chi connectivity index (χ0) is 17.7. The summed E-state index contributed by atoms with van der Waals surface area (Å²) in [5, 5.41) is 4.29. The Morgan fingerprint density at radius 2 is 1.79 bits per heavy atom. The topological polar surface area (TPSA) is 93.7 Å². The Labute approximate surface area is 144 Å². The Bertz CT molecular complexity index is 781. The van der Waals surface area contributed by atoms with Gasteiger partial charge in [-0.05, 0) is 18.4 Å². The van der Waals surface area contributed by atoms with Crippen molar-refractivity contribution in [1.29, 1.82) is 0 Å². The highest BCUT2D eigenvalue weighted by molar-refractivity contribution is 7.91. The lowest BCUT2D eigenvalue weighted by Gasteiger charge is -2.15. The molecule has 7 nitrogen and oxygen atoms in total. The van der Waals surface area contributed by atoms with Crippen LogP contribution < -0.4 is 19.5 Å². The fraction of sp³-hybridized carbons (Fsp3) is 0.267. The zero-order valence-corrected chi connectivity index (χ0v) is 15.0. The molecule has 9 heteroatoms. The maximum Gasteiger partial charge on any atom is 0.250 e. The summed E-state index contributed by atoms with van der Waals surface area (Å²) in [6, 6.07) is 7.05. The first-order valence-electron chi connectivity index (χ1n) is 6.95. The van der Waals surface area contributed by atoms with E-state index in [1.165, 1.54) is 27.2 Å². The number of ether oxygens (including phenoxy) is 2. The Morgan fingerprint density at radius 1 is 1.17 bits per heavy atom. The number of carbonyl (C=O) groups is 1. The van der Waals surface area contributed by atoms with Crippen molar-refractivity contribution in [2.75, 3.05) is 19.5 Å². The molecule has 2 rings (SSSR count). The molecule has 2 N–H and O–H groups in total. The first-order chi connectivity index (χ1) is 11.4. The summed E-state index contributed by atoms with van der Waals surface area (Å²) in [6.45, 7) is 1.47. The highest BCUT2D eigenvalue weighted by atomic mass is 32.2. The van der Waals surface area contributed by atoms with Crippen molar-refractivity contribution >= 4 is 33.0 Å². The number of hydrogen-bond donors (Lipinski definition) is 2. The normalized spacial score (nSPS) is 12.5. The lowest BCUT2D eigenvalue weighted by atomic mass is 10.2. The molecule has 1 aromatic carbocycles. The zero-order valence-electron chi connectivity index (χ0n) is 13.4. The fourth-order valence-corrected chi connectivity index (χ4v) is 4.10. The van der Waals surface area contributed by atoms with Crippen LogP contribution in [0.2, 0.25) is 0 Å². The van der Waals surface area contributed by atoms with E-state index in [1.54, 1.807) is 29.6 Å². The molecule has 1 aromatic heterocycles. The summed E-state index contributed by atoms with van der Waals surface area (Å²) in [4.78, 5) is 12.2. The number of hydrogen-bond acceptors (Lipinski definition) is 6. The minimum absolute atomic E-state index is 0.158. The van der Waals surface area contributed by atoms with Crippen molar-refractivity contribution in [2.45, 2.75) is 17.2 Å².